The summed E-state index contributed by atoms with van der Waals surface area (Å²) in [5.41, 5.74) is -1.24. The van der Waals surface area contributed by atoms with E-state index < -0.39 is 35.4 Å². The van der Waals surface area contributed by atoms with Crippen LogP contribution in [-0.2, 0) is 14.3 Å². The van der Waals surface area contributed by atoms with Crippen LogP contribution in [0.4, 0.5) is 4.79 Å². The summed E-state index contributed by atoms with van der Waals surface area (Å²) in [6.07, 6.45) is -2.23. The largest absolute Gasteiger partial charge is 0.458 e. The number of amides is 1. The quantitative estimate of drug-likeness (QED) is 0.790. The van der Waals surface area contributed by atoms with E-state index in [4.69, 9.17) is 21.1 Å². The molecule has 1 rings (SSSR count). The number of hydrogen-bond donors (Lipinski definition) is 2. The van der Waals surface area contributed by atoms with Crippen LogP contribution in [0.15, 0.2) is 24.3 Å². The van der Waals surface area contributed by atoms with Crippen molar-refractivity contribution in [3.63, 3.8) is 0 Å². The number of halogens is 1. The molecule has 25 heavy (non-hydrogen) atoms. The highest BCUT2D eigenvalue weighted by Crippen LogP contribution is 2.26. The summed E-state index contributed by atoms with van der Waals surface area (Å²) in [7, 11) is 0. The standard InChI is InChI=1S/C18H26ClNO5/c1-17(2,3)24-15(22)13(20-16(23)25-18(4,5)6)14(21)11-9-7-8-10-12(11)19/h7-10,13-14,21H,1-6H3,(H,20,23)/t13-,14-/m1/s1. The normalized spacial score (nSPS) is 14.4. The number of aliphatic hydroxyl groups is 1. The van der Waals surface area contributed by atoms with Crippen molar-refractivity contribution in [2.75, 3.05) is 0 Å². The van der Waals surface area contributed by atoms with Gasteiger partial charge >= 0.3 is 12.1 Å². The van der Waals surface area contributed by atoms with Crippen molar-refractivity contribution in [2.24, 2.45) is 0 Å². The van der Waals surface area contributed by atoms with E-state index in [-0.39, 0.29) is 5.02 Å². The minimum Gasteiger partial charge on any atom is -0.458 e. The van der Waals surface area contributed by atoms with E-state index in [9.17, 15) is 14.7 Å². The van der Waals surface area contributed by atoms with Crippen molar-refractivity contribution in [3.8, 4) is 0 Å². The van der Waals surface area contributed by atoms with Crippen LogP contribution in [0.1, 0.15) is 53.2 Å². The molecule has 0 bridgehead atoms. The minimum absolute atomic E-state index is 0.273. The molecule has 6 nitrogen and oxygen atoms in total. The monoisotopic (exact) mass is 371 g/mol. The highest BCUT2D eigenvalue weighted by Gasteiger charge is 2.35. The number of aliphatic hydroxyl groups excluding tert-OH is 1. The smallest absolute Gasteiger partial charge is 0.408 e. The average molecular weight is 372 g/mol. The summed E-state index contributed by atoms with van der Waals surface area (Å²) >= 11 is 6.09. The number of ether oxygens (including phenoxy) is 2. The molecule has 0 heterocycles. The van der Waals surface area contributed by atoms with Gasteiger partial charge in [-0.2, -0.15) is 0 Å². The highest BCUT2D eigenvalue weighted by molar-refractivity contribution is 6.31. The average Bonchev–Trinajstić information content (AvgIpc) is 2.40. The topological polar surface area (TPSA) is 84.9 Å². The van der Waals surface area contributed by atoms with Crippen LogP contribution in [0.3, 0.4) is 0 Å². The molecular formula is C18H26ClNO5. The van der Waals surface area contributed by atoms with Gasteiger partial charge < -0.3 is 19.9 Å². The fourth-order valence-corrected chi connectivity index (χ4v) is 2.21. The number of nitrogens with one attached hydrogen (secondary N) is 1. The van der Waals surface area contributed by atoms with Gasteiger partial charge in [0, 0.05) is 10.6 Å². The van der Waals surface area contributed by atoms with Crippen LogP contribution < -0.4 is 5.32 Å². The summed E-state index contributed by atoms with van der Waals surface area (Å²) in [4.78, 5) is 24.6. The van der Waals surface area contributed by atoms with Crippen LogP contribution >= 0.6 is 11.6 Å². The van der Waals surface area contributed by atoms with E-state index in [1.807, 2.05) is 0 Å². The summed E-state index contributed by atoms with van der Waals surface area (Å²) in [6, 6.07) is 5.15. The lowest BCUT2D eigenvalue weighted by Gasteiger charge is -2.29. The van der Waals surface area contributed by atoms with Gasteiger partial charge in [-0.05, 0) is 47.6 Å². The first-order chi connectivity index (χ1) is 11.3. The van der Waals surface area contributed by atoms with Crippen molar-refractivity contribution in [1.29, 1.82) is 0 Å². The highest BCUT2D eigenvalue weighted by atomic mass is 35.5. The fraction of sp³-hybridized carbons (Fsp3) is 0.556. The number of esters is 1. The molecule has 7 heteroatoms. The van der Waals surface area contributed by atoms with E-state index in [1.54, 1.807) is 65.8 Å². The Bertz CT molecular complexity index is 619. The summed E-state index contributed by atoms with van der Waals surface area (Å²) in [5.74, 6) is -0.786. The molecule has 0 aromatic heterocycles. The Hall–Kier alpha value is -1.79. The van der Waals surface area contributed by atoms with Gasteiger partial charge in [-0.3, -0.25) is 0 Å². The molecule has 0 spiro atoms. The molecule has 0 aliphatic carbocycles. The Balaban J connectivity index is 3.08. The van der Waals surface area contributed by atoms with Crippen molar-refractivity contribution in [1.82, 2.24) is 5.32 Å². The molecule has 0 aliphatic heterocycles. The fourth-order valence-electron chi connectivity index (χ4n) is 1.96. The lowest BCUT2D eigenvalue weighted by molar-refractivity contribution is -0.160. The van der Waals surface area contributed by atoms with Crippen LogP contribution in [0, 0.1) is 0 Å². The number of hydrogen-bond acceptors (Lipinski definition) is 5. The Morgan fingerprint density at radius 3 is 2.04 bits per heavy atom. The maximum atomic E-state index is 12.5. The molecular weight excluding hydrogens is 346 g/mol. The van der Waals surface area contributed by atoms with Crippen LogP contribution in [0.25, 0.3) is 0 Å². The van der Waals surface area contributed by atoms with Gasteiger partial charge in [-0.15, -0.1) is 0 Å². The summed E-state index contributed by atoms with van der Waals surface area (Å²) in [6.45, 7) is 10.2. The van der Waals surface area contributed by atoms with E-state index in [1.165, 1.54) is 0 Å². The first-order valence-corrected chi connectivity index (χ1v) is 8.33. The molecule has 0 saturated heterocycles. The van der Waals surface area contributed by atoms with E-state index in [0.717, 1.165) is 0 Å². The first kappa shape index (κ1) is 21.3. The number of alkyl carbamates (subject to hydrolysis) is 1. The van der Waals surface area contributed by atoms with Gasteiger partial charge in [0.05, 0.1) is 0 Å². The third-order valence-corrected chi connectivity index (χ3v) is 3.22. The second kappa shape index (κ2) is 8.06. The molecule has 1 amide bonds. The van der Waals surface area contributed by atoms with Gasteiger partial charge in [0.25, 0.3) is 0 Å². The molecule has 0 radical (unpaired) electrons. The van der Waals surface area contributed by atoms with E-state index >= 15 is 0 Å². The van der Waals surface area contributed by atoms with Crippen molar-refractivity contribution < 1.29 is 24.2 Å². The summed E-state index contributed by atoms with van der Waals surface area (Å²) < 4.78 is 10.5. The molecule has 1 aromatic rings. The third-order valence-electron chi connectivity index (χ3n) is 2.87. The molecule has 140 valence electrons. The number of benzene rings is 1. The van der Waals surface area contributed by atoms with Gasteiger partial charge in [0.2, 0.25) is 0 Å². The number of carbonyl (C=O) groups is 2. The van der Waals surface area contributed by atoms with E-state index in [0.29, 0.717) is 5.56 Å². The molecule has 0 fully saturated rings. The van der Waals surface area contributed by atoms with Crippen molar-refractivity contribution in [3.05, 3.63) is 34.9 Å². The lowest BCUT2D eigenvalue weighted by Crippen LogP contribution is -2.49. The SMILES string of the molecule is CC(C)(C)OC(=O)N[C@@H](C(=O)OC(C)(C)C)[C@H](O)c1ccccc1Cl. The Morgan fingerprint density at radius 2 is 1.56 bits per heavy atom. The van der Waals surface area contributed by atoms with Gasteiger partial charge in [-0.1, -0.05) is 29.8 Å². The second-order valence-electron chi connectivity index (χ2n) is 7.62. The van der Waals surface area contributed by atoms with Crippen LogP contribution in [0.2, 0.25) is 5.02 Å². The number of rotatable bonds is 4. The predicted molar refractivity (Wildman–Crippen MR) is 95.4 cm³/mol. The zero-order valence-corrected chi connectivity index (χ0v) is 16.2. The second-order valence-corrected chi connectivity index (χ2v) is 8.03. The third kappa shape index (κ3) is 7.32. The molecule has 1 aromatic carbocycles. The molecule has 0 saturated carbocycles. The molecule has 2 atom stereocenters. The molecule has 0 unspecified atom stereocenters. The predicted octanol–water partition coefficient (Wildman–Crippen LogP) is 3.61. The minimum atomic E-state index is -1.39. The van der Waals surface area contributed by atoms with Crippen LogP contribution in [-0.4, -0.2) is 34.4 Å². The Morgan fingerprint density at radius 1 is 1.04 bits per heavy atom. The number of carbonyl (C=O) groups excluding carboxylic acids is 2. The van der Waals surface area contributed by atoms with Gasteiger partial charge in [0.1, 0.15) is 17.3 Å². The van der Waals surface area contributed by atoms with Crippen LogP contribution in [0.5, 0.6) is 0 Å². The lowest BCUT2D eigenvalue weighted by atomic mass is 10.0. The molecule has 2 N–H and O–H groups in total. The maximum Gasteiger partial charge on any atom is 0.408 e. The Labute approximate surface area is 153 Å². The van der Waals surface area contributed by atoms with Gasteiger partial charge in [0.15, 0.2) is 6.04 Å². The summed E-state index contributed by atoms with van der Waals surface area (Å²) in [5, 5.41) is 13.3. The zero-order chi connectivity index (χ0) is 19.4. The van der Waals surface area contributed by atoms with Gasteiger partial charge in [-0.25, -0.2) is 9.59 Å². The molecule has 0 aliphatic rings. The van der Waals surface area contributed by atoms with Crippen molar-refractivity contribution >= 4 is 23.7 Å². The Kier molecular flexibility index (Phi) is 6.85. The zero-order valence-electron chi connectivity index (χ0n) is 15.4. The van der Waals surface area contributed by atoms with E-state index in [2.05, 4.69) is 5.32 Å². The van der Waals surface area contributed by atoms with Crippen molar-refractivity contribution in [2.45, 2.75) is 64.9 Å². The maximum absolute atomic E-state index is 12.5. The first-order valence-electron chi connectivity index (χ1n) is 7.95.